The number of benzene rings is 2. The zero-order chi connectivity index (χ0) is 13.5. The van der Waals surface area contributed by atoms with Gasteiger partial charge < -0.3 is 5.32 Å². The first-order chi connectivity index (χ1) is 9.03. The van der Waals surface area contributed by atoms with Gasteiger partial charge in [-0.15, -0.1) is 0 Å². The molecule has 2 aromatic carbocycles. The fourth-order valence-electron chi connectivity index (χ4n) is 2.68. The van der Waals surface area contributed by atoms with E-state index in [1.165, 1.54) is 27.8 Å². The van der Waals surface area contributed by atoms with Crippen molar-refractivity contribution in [2.75, 3.05) is 0 Å². The Morgan fingerprint density at radius 1 is 0.947 bits per heavy atom. The summed E-state index contributed by atoms with van der Waals surface area (Å²) in [7, 11) is 0. The summed E-state index contributed by atoms with van der Waals surface area (Å²) in [4.78, 5) is 0. The summed E-state index contributed by atoms with van der Waals surface area (Å²) in [5.41, 5.74) is 7.29. The van der Waals surface area contributed by atoms with Crippen LogP contribution in [0, 0.1) is 0 Å². The molecule has 0 heterocycles. The fraction of sp³-hybridized carbons (Fsp3) is 0.333. The van der Waals surface area contributed by atoms with Gasteiger partial charge in [0.1, 0.15) is 0 Å². The lowest BCUT2D eigenvalue weighted by atomic mass is 10.0. The molecule has 0 spiro atoms. The number of fused-ring (bicyclic) bond motifs is 3. The minimum Gasteiger partial charge on any atom is -0.308 e. The Morgan fingerprint density at radius 2 is 1.68 bits per heavy atom. The van der Waals surface area contributed by atoms with E-state index in [1.54, 1.807) is 0 Å². The van der Waals surface area contributed by atoms with Gasteiger partial charge in [0.2, 0.25) is 0 Å². The molecule has 0 radical (unpaired) electrons. The summed E-state index contributed by atoms with van der Waals surface area (Å²) in [6.45, 7) is 7.55. The molecular weight excluding hydrogens is 230 g/mol. The van der Waals surface area contributed by atoms with Gasteiger partial charge in [0, 0.05) is 12.1 Å². The Kier molecular flexibility index (Phi) is 2.94. The molecule has 2 aromatic rings. The summed E-state index contributed by atoms with van der Waals surface area (Å²) in [5, 5.41) is 3.55. The average molecular weight is 251 g/mol. The largest absolute Gasteiger partial charge is 0.308 e. The van der Waals surface area contributed by atoms with Crippen molar-refractivity contribution in [2.45, 2.75) is 39.3 Å². The second-order valence-electron chi connectivity index (χ2n) is 6.43. The molecular formula is C18H21N. The number of hydrogen-bond donors (Lipinski definition) is 1. The molecule has 0 aromatic heterocycles. The van der Waals surface area contributed by atoms with Crippen LogP contribution in [-0.4, -0.2) is 5.54 Å². The molecule has 0 saturated carbocycles. The van der Waals surface area contributed by atoms with E-state index in [0.29, 0.717) is 0 Å². The maximum atomic E-state index is 3.55. The molecule has 98 valence electrons. The van der Waals surface area contributed by atoms with Crippen LogP contribution in [0.15, 0.2) is 42.5 Å². The zero-order valence-electron chi connectivity index (χ0n) is 12.0. The van der Waals surface area contributed by atoms with Gasteiger partial charge in [-0.3, -0.25) is 0 Å². The van der Waals surface area contributed by atoms with Gasteiger partial charge in [-0.2, -0.15) is 0 Å². The molecule has 3 rings (SSSR count). The van der Waals surface area contributed by atoms with E-state index in [4.69, 9.17) is 0 Å². The van der Waals surface area contributed by atoms with Crippen molar-refractivity contribution in [3.63, 3.8) is 0 Å². The van der Waals surface area contributed by atoms with Gasteiger partial charge >= 0.3 is 0 Å². The lowest BCUT2D eigenvalue weighted by Gasteiger charge is -2.20. The summed E-state index contributed by atoms with van der Waals surface area (Å²) in [5.74, 6) is 0. The second kappa shape index (κ2) is 4.50. The number of hydrogen-bond acceptors (Lipinski definition) is 1. The highest BCUT2D eigenvalue weighted by atomic mass is 14.9. The third kappa shape index (κ3) is 2.57. The minimum absolute atomic E-state index is 0.169. The van der Waals surface area contributed by atoms with Crippen LogP contribution >= 0.6 is 0 Å². The lowest BCUT2D eigenvalue weighted by molar-refractivity contribution is 0.424. The van der Waals surface area contributed by atoms with Crippen LogP contribution in [-0.2, 0) is 13.0 Å². The summed E-state index contributed by atoms with van der Waals surface area (Å²) >= 11 is 0. The van der Waals surface area contributed by atoms with Crippen LogP contribution in [0.1, 0.15) is 37.5 Å². The van der Waals surface area contributed by atoms with Gasteiger partial charge in [-0.05, 0) is 55.0 Å². The van der Waals surface area contributed by atoms with Crippen molar-refractivity contribution in [3.05, 3.63) is 59.2 Å². The molecule has 0 atom stereocenters. The molecule has 1 aliphatic rings. The molecule has 1 heteroatoms. The van der Waals surface area contributed by atoms with Crippen LogP contribution < -0.4 is 5.32 Å². The predicted octanol–water partition coefficient (Wildman–Crippen LogP) is 4.15. The van der Waals surface area contributed by atoms with E-state index >= 15 is 0 Å². The number of nitrogens with one attached hydrogen (secondary N) is 1. The second-order valence-corrected chi connectivity index (χ2v) is 6.43. The van der Waals surface area contributed by atoms with E-state index in [2.05, 4.69) is 68.6 Å². The van der Waals surface area contributed by atoms with E-state index in [1.807, 2.05) is 0 Å². The van der Waals surface area contributed by atoms with Crippen molar-refractivity contribution >= 4 is 0 Å². The minimum atomic E-state index is 0.169. The van der Waals surface area contributed by atoms with E-state index in [0.717, 1.165) is 13.0 Å². The maximum Gasteiger partial charge on any atom is 0.0210 e. The molecule has 0 aliphatic heterocycles. The summed E-state index contributed by atoms with van der Waals surface area (Å²) in [6, 6.07) is 15.6. The Bertz CT molecular complexity index is 605. The normalized spacial score (nSPS) is 13.2. The first-order valence-electron chi connectivity index (χ1n) is 6.98. The molecule has 0 saturated heterocycles. The first-order valence-corrected chi connectivity index (χ1v) is 6.98. The third-order valence-electron chi connectivity index (χ3n) is 3.68. The van der Waals surface area contributed by atoms with Crippen molar-refractivity contribution in [3.8, 4) is 11.1 Å². The van der Waals surface area contributed by atoms with Crippen molar-refractivity contribution in [1.29, 1.82) is 0 Å². The Hall–Kier alpha value is -1.60. The van der Waals surface area contributed by atoms with Crippen LogP contribution in [0.4, 0.5) is 0 Å². The number of rotatable bonds is 2. The smallest absolute Gasteiger partial charge is 0.0210 e. The highest BCUT2D eigenvalue weighted by Gasteiger charge is 2.18. The molecule has 1 nitrogen and oxygen atoms in total. The van der Waals surface area contributed by atoms with Crippen LogP contribution in [0.25, 0.3) is 11.1 Å². The lowest BCUT2D eigenvalue weighted by Crippen LogP contribution is -2.35. The quantitative estimate of drug-likeness (QED) is 0.721. The maximum absolute atomic E-state index is 3.55. The molecule has 1 aliphatic carbocycles. The van der Waals surface area contributed by atoms with Gasteiger partial charge in [0.05, 0.1) is 0 Å². The Labute approximate surface area is 115 Å². The fourth-order valence-corrected chi connectivity index (χ4v) is 2.68. The van der Waals surface area contributed by atoms with Gasteiger partial charge in [-0.25, -0.2) is 0 Å². The highest BCUT2D eigenvalue weighted by molar-refractivity contribution is 5.76. The van der Waals surface area contributed by atoms with Crippen LogP contribution in [0.5, 0.6) is 0 Å². The summed E-state index contributed by atoms with van der Waals surface area (Å²) < 4.78 is 0. The van der Waals surface area contributed by atoms with Gasteiger partial charge in [0.15, 0.2) is 0 Å². The Morgan fingerprint density at radius 3 is 2.47 bits per heavy atom. The van der Waals surface area contributed by atoms with E-state index in [9.17, 15) is 0 Å². The Balaban J connectivity index is 1.85. The van der Waals surface area contributed by atoms with Crippen LogP contribution in [0.2, 0.25) is 0 Å². The van der Waals surface area contributed by atoms with Crippen LogP contribution in [0.3, 0.4) is 0 Å². The van der Waals surface area contributed by atoms with E-state index in [-0.39, 0.29) is 5.54 Å². The third-order valence-corrected chi connectivity index (χ3v) is 3.68. The van der Waals surface area contributed by atoms with Crippen molar-refractivity contribution < 1.29 is 0 Å². The standard InChI is InChI=1S/C18H21N/c1-18(2,3)19-12-13-8-9-17-15(10-13)11-14-6-4-5-7-16(14)17/h4-10,19H,11-12H2,1-3H3. The molecule has 0 fully saturated rings. The topological polar surface area (TPSA) is 12.0 Å². The highest BCUT2D eigenvalue weighted by Crippen LogP contribution is 2.36. The predicted molar refractivity (Wildman–Crippen MR) is 81.3 cm³/mol. The van der Waals surface area contributed by atoms with E-state index < -0.39 is 0 Å². The molecule has 1 N–H and O–H groups in total. The van der Waals surface area contributed by atoms with Crippen molar-refractivity contribution in [2.24, 2.45) is 0 Å². The molecule has 0 amide bonds. The monoisotopic (exact) mass is 251 g/mol. The molecule has 0 unspecified atom stereocenters. The van der Waals surface area contributed by atoms with Gasteiger partial charge in [0.25, 0.3) is 0 Å². The molecule has 19 heavy (non-hydrogen) atoms. The average Bonchev–Trinajstić information content (AvgIpc) is 2.73. The SMILES string of the molecule is CC(C)(C)NCc1ccc2c(c1)Cc1ccccc1-2. The first kappa shape index (κ1) is 12.4. The molecule has 0 bridgehead atoms. The van der Waals surface area contributed by atoms with Crippen molar-refractivity contribution in [1.82, 2.24) is 5.32 Å². The van der Waals surface area contributed by atoms with Gasteiger partial charge in [-0.1, -0.05) is 42.5 Å². The summed E-state index contributed by atoms with van der Waals surface area (Å²) in [6.07, 6.45) is 1.08. The zero-order valence-corrected chi connectivity index (χ0v) is 12.0.